The summed E-state index contributed by atoms with van der Waals surface area (Å²) >= 11 is 5.57. The number of likely N-dealkylation sites (N-methyl/N-ethyl adjacent to an activating group) is 1. The highest BCUT2D eigenvalue weighted by Gasteiger charge is 2.46. The van der Waals surface area contributed by atoms with Crippen LogP contribution in [0.15, 0.2) is 0 Å². The van der Waals surface area contributed by atoms with E-state index >= 15 is 0 Å². The van der Waals surface area contributed by atoms with Crippen LogP contribution in [-0.2, 0) is 20.0 Å². The highest BCUT2D eigenvalue weighted by molar-refractivity contribution is 8.13. The van der Waals surface area contributed by atoms with Gasteiger partial charge in [0.25, 0.3) is 0 Å². The second kappa shape index (κ2) is 10.4. The van der Waals surface area contributed by atoms with Gasteiger partial charge >= 0.3 is 11.0 Å². The van der Waals surface area contributed by atoms with Gasteiger partial charge in [-0.15, -0.1) is 11.6 Å². The smallest absolute Gasteiger partial charge is 0.421 e. The SMILES string of the molecule is CC[N+](CC)(CC)C[C@H](O)CCl.O=S(=O)([N-]S(=O)(=O)C(F)(F)F)C(F)(F)F. The third-order valence-electron chi connectivity index (χ3n) is 3.57. The molecule has 0 aromatic heterocycles. The predicted octanol–water partition coefficient (Wildman–Crippen LogP) is 2.52. The van der Waals surface area contributed by atoms with Gasteiger partial charge in [0.05, 0.1) is 25.5 Å². The average Bonchev–Trinajstić information content (AvgIpc) is 2.50. The number of aliphatic hydroxyl groups excluding tert-OH is 1. The Bertz CT molecular complexity index is 597. The summed E-state index contributed by atoms with van der Waals surface area (Å²) in [5, 5.41) is 9.44. The molecule has 7 nitrogen and oxygen atoms in total. The lowest BCUT2D eigenvalue weighted by atomic mass is 10.2. The van der Waals surface area contributed by atoms with Crippen LogP contribution in [-0.4, -0.2) is 75.6 Å². The second-order valence-electron chi connectivity index (χ2n) is 5.20. The van der Waals surface area contributed by atoms with Crippen LogP contribution in [0, 0.1) is 0 Å². The van der Waals surface area contributed by atoms with Gasteiger partial charge in [-0.1, -0.05) is 0 Å². The first kappa shape index (κ1) is 28.9. The summed E-state index contributed by atoms with van der Waals surface area (Å²) in [5.74, 6) is 0.347. The van der Waals surface area contributed by atoms with Crippen LogP contribution in [0.3, 0.4) is 0 Å². The maximum atomic E-state index is 11.4. The molecule has 16 heteroatoms. The first-order valence-corrected chi connectivity index (χ1v) is 10.7. The summed E-state index contributed by atoms with van der Waals surface area (Å²) in [5.41, 5.74) is -12.4. The predicted molar refractivity (Wildman–Crippen MR) is 86.8 cm³/mol. The van der Waals surface area contributed by atoms with E-state index in [1.807, 2.05) is 0 Å². The Labute approximate surface area is 159 Å². The molecule has 0 saturated heterocycles. The van der Waals surface area contributed by atoms with Crippen LogP contribution in [0.2, 0.25) is 0 Å². The normalized spacial score (nSPS) is 15.1. The molecule has 0 saturated carbocycles. The van der Waals surface area contributed by atoms with Crippen molar-refractivity contribution in [1.82, 2.24) is 0 Å². The fourth-order valence-electron chi connectivity index (χ4n) is 1.77. The highest BCUT2D eigenvalue weighted by atomic mass is 35.5. The Morgan fingerprint density at radius 1 is 0.889 bits per heavy atom. The molecule has 0 spiro atoms. The monoisotopic (exact) mass is 474 g/mol. The Hall–Kier alpha value is -0.350. The van der Waals surface area contributed by atoms with E-state index in [2.05, 4.69) is 20.8 Å². The van der Waals surface area contributed by atoms with Gasteiger partial charge in [-0.05, 0) is 20.8 Å². The van der Waals surface area contributed by atoms with Crippen molar-refractivity contribution in [3.63, 3.8) is 0 Å². The topological polar surface area (TPSA) is 103 Å². The molecule has 0 radical (unpaired) electrons. The molecule has 0 unspecified atom stereocenters. The number of hydrogen-bond acceptors (Lipinski definition) is 5. The first-order chi connectivity index (χ1) is 11.8. The van der Waals surface area contributed by atoms with E-state index in [0.717, 1.165) is 34.8 Å². The van der Waals surface area contributed by atoms with E-state index in [-0.39, 0.29) is 6.10 Å². The highest BCUT2D eigenvalue weighted by Crippen LogP contribution is 2.36. The second-order valence-corrected chi connectivity index (χ2v) is 8.93. The fourth-order valence-corrected chi connectivity index (χ4v) is 3.57. The summed E-state index contributed by atoms with van der Waals surface area (Å²) in [6.07, 6.45) is -0.355. The van der Waals surface area contributed by atoms with Gasteiger partial charge in [-0.2, -0.15) is 26.3 Å². The van der Waals surface area contributed by atoms with E-state index in [4.69, 9.17) is 11.6 Å². The summed E-state index contributed by atoms with van der Waals surface area (Å²) in [6.45, 7) is 10.5. The molecule has 0 aromatic rings. The number of alkyl halides is 7. The molecular formula is C11H21ClF6N2O5S2. The Morgan fingerprint density at radius 3 is 1.37 bits per heavy atom. The lowest BCUT2D eigenvalue weighted by Crippen LogP contribution is -2.52. The van der Waals surface area contributed by atoms with Gasteiger partial charge in [-0.25, -0.2) is 16.8 Å². The third-order valence-corrected chi connectivity index (χ3v) is 6.67. The summed E-state index contributed by atoms with van der Waals surface area (Å²) < 4.78 is 110. The largest absolute Gasteiger partial charge is 0.480 e. The summed E-state index contributed by atoms with van der Waals surface area (Å²) in [4.78, 5) is 0. The molecule has 0 aliphatic carbocycles. The number of rotatable bonds is 8. The first-order valence-electron chi connectivity index (χ1n) is 7.30. The maximum Gasteiger partial charge on any atom is 0.480 e. The van der Waals surface area contributed by atoms with Crippen molar-refractivity contribution in [2.75, 3.05) is 32.1 Å². The Kier molecular flexibility index (Phi) is 11.2. The van der Waals surface area contributed by atoms with E-state index in [1.165, 1.54) is 0 Å². The number of hydrogen-bond donors (Lipinski definition) is 1. The molecule has 0 bridgehead atoms. The van der Waals surface area contributed by atoms with Crippen molar-refractivity contribution in [3.8, 4) is 0 Å². The molecule has 0 aliphatic rings. The summed E-state index contributed by atoms with van der Waals surface area (Å²) in [6, 6.07) is 0. The number of sulfonamides is 2. The van der Waals surface area contributed by atoms with Gasteiger partial charge < -0.3 is 13.7 Å². The van der Waals surface area contributed by atoms with Crippen LogP contribution in [0.5, 0.6) is 0 Å². The van der Waals surface area contributed by atoms with Gasteiger partial charge in [-0.3, -0.25) is 0 Å². The quantitative estimate of drug-likeness (QED) is 0.331. The molecule has 0 aromatic carbocycles. The molecule has 0 heterocycles. The minimum atomic E-state index is -6.72. The summed E-state index contributed by atoms with van der Waals surface area (Å²) in [7, 11) is -13.4. The van der Waals surface area contributed by atoms with Crippen molar-refractivity contribution < 1.29 is 52.8 Å². The van der Waals surface area contributed by atoms with E-state index < -0.39 is 31.1 Å². The molecule has 1 N–H and O–H groups in total. The molecule has 166 valence electrons. The molecule has 1 atom stereocenters. The van der Waals surface area contributed by atoms with Crippen molar-refractivity contribution in [1.29, 1.82) is 0 Å². The Morgan fingerprint density at radius 2 is 1.19 bits per heavy atom. The van der Waals surface area contributed by atoms with Crippen LogP contribution < -0.4 is 0 Å². The molecular weight excluding hydrogens is 454 g/mol. The molecule has 0 aliphatic heterocycles. The standard InChI is InChI=1S/C9H21ClNO.C2F6NO4S2/c1-4-11(5-2,6-3)8-9(12)7-10;3-1(4,5)14(10,11)9-15(12,13)2(6,7)8/h9,12H,4-8H2,1-3H3;/q+1;-1/t9-;/m1./s1. The lowest BCUT2D eigenvalue weighted by molar-refractivity contribution is -0.925. The molecule has 0 rings (SSSR count). The minimum absolute atomic E-state index is 0.347. The van der Waals surface area contributed by atoms with Crippen molar-refractivity contribution in [2.24, 2.45) is 0 Å². The maximum absolute atomic E-state index is 11.4. The van der Waals surface area contributed by atoms with Gasteiger partial charge in [0.15, 0.2) is 20.0 Å². The zero-order valence-electron chi connectivity index (χ0n) is 14.5. The van der Waals surface area contributed by atoms with E-state index in [0.29, 0.717) is 5.88 Å². The zero-order chi connectivity index (χ0) is 22.3. The molecule has 27 heavy (non-hydrogen) atoms. The van der Waals surface area contributed by atoms with Crippen LogP contribution in [0.1, 0.15) is 20.8 Å². The number of halogens is 7. The van der Waals surface area contributed by atoms with E-state index in [9.17, 15) is 48.3 Å². The third kappa shape index (κ3) is 9.13. The lowest BCUT2D eigenvalue weighted by Gasteiger charge is -2.37. The van der Waals surface area contributed by atoms with Gasteiger partial charge in [0, 0.05) is 0 Å². The fraction of sp³-hybridized carbons (Fsp3) is 1.00. The minimum Gasteiger partial charge on any atom is -0.421 e. The van der Waals surface area contributed by atoms with E-state index in [1.54, 1.807) is 0 Å². The van der Waals surface area contributed by atoms with Crippen LogP contribution in [0.25, 0.3) is 4.13 Å². The Balaban J connectivity index is 0. The average molecular weight is 475 g/mol. The zero-order valence-corrected chi connectivity index (χ0v) is 16.9. The molecule has 0 amide bonds. The van der Waals surface area contributed by atoms with Gasteiger partial charge in [0.1, 0.15) is 12.6 Å². The van der Waals surface area contributed by atoms with Crippen molar-refractivity contribution in [2.45, 2.75) is 37.9 Å². The van der Waals surface area contributed by atoms with Crippen LogP contribution in [0.4, 0.5) is 26.3 Å². The number of quaternary nitrogens is 1. The molecule has 0 fully saturated rings. The van der Waals surface area contributed by atoms with Crippen LogP contribution >= 0.6 is 11.6 Å². The van der Waals surface area contributed by atoms with Crippen molar-refractivity contribution in [3.05, 3.63) is 4.13 Å². The van der Waals surface area contributed by atoms with Gasteiger partial charge in [0.2, 0.25) is 0 Å². The van der Waals surface area contributed by atoms with Crippen molar-refractivity contribution >= 4 is 31.6 Å². The number of nitrogens with zero attached hydrogens (tertiary/aromatic N) is 2. The number of aliphatic hydroxyl groups is 1.